The molecule has 142 valence electrons. The number of nitrogens with one attached hydrogen (secondary N) is 1. The average Bonchev–Trinajstić information content (AvgIpc) is 3.17. The Balaban J connectivity index is 1.30. The van der Waals surface area contributed by atoms with E-state index in [1.54, 1.807) is 12.3 Å². The Kier molecular flexibility index (Phi) is 5.39. The summed E-state index contributed by atoms with van der Waals surface area (Å²) in [6.07, 6.45) is 3.18. The predicted molar refractivity (Wildman–Crippen MR) is 96.9 cm³/mol. The average molecular weight is 370 g/mol. The van der Waals surface area contributed by atoms with Crippen molar-refractivity contribution in [1.29, 1.82) is 0 Å². The van der Waals surface area contributed by atoms with E-state index in [2.05, 4.69) is 10.3 Å². The summed E-state index contributed by atoms with van der Waals surface area (Å²) in [7, 11) is 0. The Morgan fingerprint density at radius 3 is 3.04 bits per heavy atom. The van der Waals surface area contributed by atoms with Crippen LogP contribution in [0.2, 0.25) is 0 Å². The number of aromatic nitrogens is 1. The molecular formula is C20H22N2O5. The highest BCUT2D eigenvalue weighted by Gasteiger charge is 2.29. The number of nitrogens with zero attached hydrogens (tertiary/aromatic N) is 1. The molecule has 3 heterocycles. The number of rotatable bonds is 6. The van der Waals surface area contributed by atoms with E-state index >= 15 is 0 Å². The Hall–Kier alpha value is -2.80. The molecule has 27 heavy (non-hydrogen) atoms. The van der Waals surface area contributed by atoms with E-state index in [0.29, 0.717) is 38.4 Å². The largest absolute Gasteiger partial charge is 0.470 e. The van der Waals surface area contributed by atoms with Gasteiger partial charge in [0.1, 0.15) is 6.10 Å². The summed E-state index contributed by atoms with van der Waals surface area (Å²) < 4.78 is 22.1. The second-order valence-electron chi connectivity index (χ2n) is 6.55. The third kappa shape index (κ3) is 4.49. The van der Waals surface area contributed by atoms with E-state index in [0.717, 1.165) is 17.1 Å². The van der Waals surface area contributed by atoms with Gasteiger partial charge in [0, 0.05) is 25.3 Å². The summed E-state index contributed by atoms with van der Waals surface area (Å²) in [4.78, 5) is 16.6. The molecule has 1 fully saturated rings. The molecule has 1 aromatic carbocycles. The molecule has 2 aromatic rings. The topological polar surface area (TPSA) is 78.9 Å². The number of hydrogen-bond donors (Lipinski definition) is 1. The van der Waals surface area contributed by atoms with Gasteiger partial charge in [-0.05, 0) is 36.6 Å². The summed E-state index contributed by atoms with van der Waals surface area (Å²) in [6, 6.07) is 11.2. The van der Waals surface area contributed by atoms with Gasteiger partial charge in [0.2, 0.25) is 18.6 Å². The van der Waals surface area contributed by atoms with Crippen LogP contribution in [-0.4, -0.2) is 43.0 Å². The van der Waals surface area contributed by atoms with Crippen LogP contribution in [-0.2, 0) is 16.0 Å². The minimum absolute atomic E-state index is 0.00538. The van der Waals surface area contributed by atoms with Crippen LogP contribution in [0.3, 0.4) is 0 Å². The number of fused-ring (bicyclic) bond motifs is 1. The maximum absolute atomic E-state index is 12.4. The number of amides is 1. The first-order valence-electron chi connectivity index (χ1n) is 9.11. The molecule has 4 rings (SSSR count). The molecule has 1 N–H and O–H groups in total. The van der Waals surface area contributed by atoms with Gasteiger partial charge >= 0.3 is 0 Å². The monoisotopic (exact) mass is 370 g/mol. The number of hydrogen-bond acceptors (Lipinski definition) is 6. The lowest BCUT2D eigenvalue weighted by Crippen LogP contribution is -2.51. The van der Waals surface area contributed by atoms with Gasteiger partial charge in [0.25, 0.3) is 0 Å². The van der Waals surface area contributed by atoms with Crippen LogP contribution in [0.15, 0.2) is 42.6 Å². The van der Waals surface area contributed by atoms with Gasteiger partial charge in [-0.1, -0.05) is 12.1 Å². The minimum atomic E-state index is -0.247. The third-order valence-corrected chi connectivity index (χ3v) is 4.64. The highest BCUT2D eigenvalue weighted by atomic mass is 16.7. The second-order valence-corrected chi connectivity index (χ2v) is 6.55. The van der Waals surface area contributed by atoms with E-state index in [1.165, 1.54) is 0 Å². The van der Waals surface area contributed by atoms with Gasteiger partial charge in [-0.15, -0.1) is 0 Å². The van der Waals surface area contributed by atoms with Crippen LogP contribution >= 0.6 is 0 Å². The standard InChI is InChI=1S/C20H22N2O5/c23-19(7-5-14-4-6-16-17(11-14)26-13-25-16)22-15-8-10-24-12-18(15)27-20-3-1-2-9-21-20/h1-4,6,9,11,15,18H,5,7-8,10,12-13H2,(H,22,23)/t15-,18-/m1/s1. The molecule has 0 radical (unpaired) electrons. The lowest BCUT2D eigenvalue weighted by Gasteiger charge is -2.32. The number of pyridine rings is 1. The first-order chi connectivity index (χ1) is 13.3. The first kappa shape index (κ1) is 17.6. The molecule has 0 unspecified atom stereocenters. The third-order valence-electron chi connectivity index (χ3n) is 4.64. The Labute approximate surface area is 157 Å². The molecule has 2 aliphatic rings. The summed E-state index contributed by atoms with van der Waals surface area (Å²) in [6.45, 7) is 1.29. The van der Waals surface area contributed by atoms with Crippen molar-refractivity contribution >= 4 is 5.91 Å². The molecule has 7 heteroatoms. The van der Waals surface area contributed by atoms with Crippen LogP contribution in [0.4, 0.5) is 0 Å². The van der Waals surface area contributed by atoms with Crippen LogP contribution in [0.5, 0.6) is 17.4 Å². The van der Waals surface area contributed by atoms with Crippen LogP contribution in [0.25, 0.3) is 0 Å². The van der Waals surface area contributed by atoms with Gasteiger partial charge in [0.15, 0.2) is 11.5 Å². The van der Waals surface area contributed by atoms with Crippen molar-refractivity contribution in [2.75, 3.05) is 20.0 Å². The smallest absolute Gasteiger partial charge is 0.231 e. The quantitative estimate of drug-likeness (QED) is 0.839. The van der Waals surface area contributed by atoms with Crippen molar-refractivity contribution in [1.82, 2.24) is 10.3 Å². The van der Waals surface area contributed by atoms with Gasteiger partial charge < -0.3 is 24.3 Å². The zero-order chi connectivity index (χ0) is 18.5. The van der Waals surface area contributed by atoms with Crippen LogP contribution in [0.1, 0.15) is 18.4 Å². The van der Waals surface area contributed by atoms with Crippen molar-refractivity contribution in [2.45, 2.75) is 31.4 Å². The molecule has 1 amide bonds. The maximum atomic E-state index is 12.4. The molecule has 1 saturated heterocycles. The SMILES string of the molecule is O=C(CCc1ccc2c(c1)OCO2)N[C@@H]1CCOC[C@H]1Oc1ccccn1. The molecule has 1 aromatic heterocycles. The maximum Gasteiger partial charge on any atom is 0.231 e. The molecular weight excluding hydrogens is 348 g/mol. The summed E-state index contributed by atoms with van der Waals surface area (Å²) in [5.41, 5.74) is 1.04. The minimum Gasteiger partial charge on any atom is -0.470 e. The number of carbonyl (C=O) groups excluding carboxylic acids is 1. The number of benzene rings is 1. The lowest BCUT2D eigenvalue weighted by atomic mass is 10.0. The molecule has 0 bridgehead atoms. The molecule has 2 aliphatic heterocycles. The Morgan fingerprint density at radius 2 is 2.15 bits per heavy atom. The number of aryl methyl sites for hydroxylation is 1. The molecule has 0 aliphatic carbocycles. The van der Waals surface area contributed by atoms with E-state index in [1.807, 2.05) is 30.3 Å². The Bertz CT molecular complexity index is 783. The second kappa shape index (κ2) is 8.26. The van der Waals surface area contributed by atoms with Crippen molar-refractivity contribution in [3.8, 4) is 17.4 Å². The molecule has 0 spiro atoms. The van der Waals surface area contributed by atoms with Gasteiger partial charge in [-0.25, -0.2) is 4.98 Å². The normalized spacial score (nSPS) is 20.9. The van der Waals surface area contributed by atoms with E-state index < -0.39 is 0 Å². The van der Waals surface area contributed by atoms with E-state index in [-0.39, 0.29) is 24.8 Å². The summed E-state index contributed by atoms with van der Waals surface area (Å²) in [5, 5.41) is 3.08. The number of carbonyl (C=O) groups is 1. The summed E-state index contributed by atoms with van der Waals surface area (Å²) in [5.74, 6) is 2.02. The van der Waals surface area contributed by atoms with Gasteiger partial charge in [-0.2, -0.15) is 0 Å². The van der Waals surface area contributed by atoms with Crippen molar-refractivity contribution in [3.05, 3.63) is 48.2 Å². The zero-order valence-electron chi connectivity index (χ0n) is 14.9. The summed E-state index contributed by atoms with van der Waals surface area (Å²) >= 11 is 0. The predicted octanol–water partition coefficient (Wildman–Crippen LogP) is 2.10. The highest BCUT2D eigenvalue weighted by molar-refractivity contribution is 5.76. The van der Waals surface area contributed by atoms with Crippen molar-refractivity contribution < 1.29 is 23.7 Å². The van der Waals surface area contributed by atoms with E-state index in [4.69, 9.17) is 18.9 Å². The van der Waals surface area contributed by atoms with E-state index in [9.17, 15) is 4.79 Å². The van der Waals surface area contributed by atoms with Crippen molar-refractivity contribution in [2.24, 2.45) is 0 Å². The highest BCUT2D eigenvalue weighted by Crippen LogP contribution is 2.32. The zero-order valence-corrected chi connectivity index (χ0v) is 14.9. The van der Waals surface area contributed by atoms with Gasteiger partial charge in [0.05, 0.1) is 12.6 Å². The van der Waals surface area contributed by atoms with Crippen LogP contribution < -0.4 is 19.5 Å². The fraction of sp³-hybridized carbons (Fsp3) is 0.400. The van der Waals surface area contributed by atoms with Gasteiger partial charge in [-0.3, -0.25) is 4.79 Å². The molecule has 2 atom stereocenters. The fourth-order valence-corrected chi connectivity index (χ4v) is 3.20. The molecule has 7 nitrogen and oxygen atoms in total. The fourth-order valence-electron chi connectivity index (χ4n) is 3.20. The van der Waals surface area contributed by atoms with Crippen LogP contribution in [0, 0.1) is 0 Å². The lowest BCUT2D eigenvalue weighted by molar-refractivity contribution is -0.124. The van der Waals surface area contributed by atoms with Crippen molar-refractivity contribution in [3.63, 3.8) is 0 Å². The number of ether oxygens (including phenoxy) is 4. The Morgan fingerprint density at radius 1 is 1.22 bits per heavy atom. The molecule has 0 saturated carbocycles. The first-order valence-corrected chi connectivity index (χ1v) is 9.11.